The molecule has 28 heavy (non-hydrogen) atoms. The molecule has 2 aliphatic carbocycles. The zero-order chi connectivity index (χ0) is 19.3. The van der Waals surface area contributed by atoms with Gasteiger partial charge in [0.2, 0.25) is 11.9 Å². The molecule has 4 rings (SSSR count). The molecule has 0 unspecified atom stereocenters. The van der Waals surface area contributed by atoms with E-state index in [1.54, 1.807) is 0 Å². The van der Waals surface area contributed by atoms with Crippen LogP contribution in [0, 0.1) is 18.8 Å². The SMILES string of the molecule is Cc1ccc(Nc2nccc(C3CCC(CNC(=O)C4CCC4)CC3)n2)nc1. The van der Waals surface area contributed by atoms with Gasteiger partial charge in [0.1, 0.15) is 5.82 Å². The molecule has 1 amide bonds. The lowest BCUT2D eigenvalue weighted by Crippen LogP contribution is -2.37. The van der Waals surface area contributed by atoms with Crippen molar-refractivity contribution in [2.45, 2.75) is 57.8 Å². The number of amides is 1. The van der Waals surface area contributed by atoms with Gasteiger partial charge in [-0.3, -0.25) is 4.79 Å². The lowest BCUT2D eigenvalue weighted by atomic mass is 9.80. The van der Waals surface area contributed by atoms with Gasteiger partial charge in [-0.2, -0.15) is 0 Å². The maximum atomic E-state index is 12.0. The molecule has 2 aliphatic rings. The van der Waals surface area contributed by atoms with Crippen molar-refractivity contribution in [3.05, 3.63) is 41.9 Å². The van der Waals surface area contributed by atoms with Crippen LogP contribution in [0.15, 0.2) is 30.6 Å². The van der Waals surface area contributed by atoms with Crippen LogP contribution >= 0.6 is 0 Å². The molecular formula is C22H29N5O. The average Bonchev–Trinajstić information content (AvgIpc) is 2.67. The summed E-state index contributed by atoms with van der Waals surface area (Å²) < 4.78 is 0. The van der Waals surface area contributed by atoms with Gasteiger partial charge in [0.15, 0.2) is 0 Å². The van der Waals surface area contributed by atoms with Gasteiger partial charge in [0.05, 0.1) is 0 Å². The Morgan fingerprint density at radius 1 is 1.07 bits per heavy atom. The number of pyridine rings is 1. The maximum Gasteiger partial charge on any atom is 0.228 e. The minimum absolute atomic E-state index is 0.268. The van der Waals surface area contributed by atoms with E-state index in [2.05, 4.69) is 20.6 Å². The summed E-state index contributed by atoms with van der Waals surface area (Å²) in [5.41, 5.74) is 2.22. The Balaban J connectivity index is 1.28. The summed E-state index contributed by atoms with van der Waals surface area (Å²) in [5, 5.41) is 6.36. The molecule has 2 N–H and O–H groups in total. The highest BCUT2D eigenvalue weighted by atomic mass is 16.1. The average molecular weight is 380 g/mol. The minimum atomic E-state index is 0.268. The molecule has 0 radical (unpaired) electrons. The van der Waals surface area contributed by atoms with Gasteiger partial charge >= 0.3 is 0 Å². The number of aromatic nitrogens is 3. The van der Waals surface area contributed by atoms with Gasteiger partial charge in [-0.25, -0.2) is 15.0 Å². The van der Waals surface area contributed by atoms with Crippen LogP contribution in [0.1, 0.15) is 62.1 Å². The van der Waals surface area contributed by atoms with Crippen molar-refractivity contribution in [3.63, 3.8) is 0 Å². The summed E-state index contributed by atoms with van der Waals surface area (Å²) in [6.45, 7) is 2.85. The fraction of sp³-hybridized carbons (Fsp3) is 0.545. The summed E-state index contributed by atoms with van der Waals surface area (Å²) in [6.07, 6.45) is 11.5. The van der Waals surface area contributed by atoms with Crippen molar-refractivity contribution in [1.82, 2.24) is 20.3 Å². The maximum absolute atomic E-state index is 12.0. The van der Waals surface area contributed by atoms with E-state index in [4.69, 9.17) is 4.98 Å². The van der Waals surface area contributed by atoms with Crippen molar-refractivity contribution < 1.29 is 4.79 Å². The van der Waals surface area contributed by atoms with E-state index in [9.17, 15) is 4.79 Å². The number of rotatable bonds is 6. The summed E-state index contributed by atoms with van der Waals surface area (Å²) in [7, 11) is 0. The second kappa shape index (κ2) is 8.67. The first kappa shape index (κ1) is 18.8. The number of hydrogen-bond donors (Lipinski definition) is 2. The first-order valence-corrected chi connectivity index (χ1v) is 10.5. The minimum Gasteiger partial charge on any atom is -0.356 e. The molecular weight excluding hydrogens is 350 g/mol. The number of hydrogen-bond acceptors (Lipinski definition) is 5. The first-order valence-electron chi connectivity index (χ1n) is 10.5. The van der Waals surface area contributed by atoms with E-state index in [0.717, 1.165) is 62.1 Å². The highest BCUT2D eigenvalue weighted by molar-refractivity contribution is 5.79. The number of nitrogens with one attached hydrogen (secondary N) is 2. The van der Waals surface area contributed by atoms with Crippen LogP contribution in [0.3, 0.4) is 0 Å². The van der Waals surface area contributed by atoms with E-state index in [1.165, 1.54) is 6.42 Å². The number of nitrogens with zero attached hydrogens (tertiary/aromatic N) is 3. The van der Waals surface area contributed by atoms with Gasteiger partial charge in [-0.05, 0) is 69.1 Å². The van der Waals surface area contributed by atoms with Gasteiger partial charge < -0.3 is 10.6 Å². The zero-order valence-electron chi connectivity index (χ0n) is 16.5. The van der Waals surface area contributed by atoms with Crippen molar-refractivity contribution in [3.8, 4) is 0 Å². The van der Waals surface area contributed by atoms with Crippen molar-refractivity contribution >= 4 is 17.7 Å². The Bertz CT molecular complexity index is 795. The lowest BCUT2D eigenvalue weighted by molar-refractivity contribution is -0.127. The summed E-state index contributed by atoms with van der Waals surface area (Å²) in [6, 6.07) is 5.98. The molecule has 0 saturated heterocycles. The van der Waals surface area contributed by atoms with Gasteiger partial charge in [0, 0.05) is 36.5 Å². The predicted octanol–water partition coefficient (Wildman–Crippen LogP) is 4.11. The Morgan fingerprint density at radius 3 is 2.57 bits per heavy atom. The number of carbonyl (C=O) groups is 1. The molecule has 0 aliphatic heterocycles. The van der Waals surface area contributed by atoms with E-state index < -0.39 is 0 Å². The molecule has 2 aromatic heterocycles. The predicted molar refractivity (Wildman–Crippen MR) is 109 cm³/mol. The Labute approximate surface area is 166 Å². The monoisotopic (exact) mass is 379 g/mol. The van der Waals surface area contributed by atoms with Gasteiger partial charge in [0.25, 0.3) is 0 Å². The quantitative estimate of drug-likeness (QED) is 0.789. The highest BCUT2D eigenvalue weighted by Crippen LogP contribution is 2.35. The third-order valence-corrected chi connectivity index (χ3v) is 6.13. The van der Waals surface area contributed by atoms with Crippen molar-refractivity contribution in [2.24, 2.45) is 11.8 Å². The van der Waals surface area contributed by atoms with Crippen molar-refractivity contribution in [1.29, 1.82) is 0 Å². The molecule has 2 saturated carbocycles. The van der Waals surface area contributed by atoms with E-state index in [-0.39, 0.29) is 11.8 Å². The van der Waals surface area contributed by atoms with Gasteiger partial charge in [-0.1, -0.05) is 12.5 Å². The smallest absolute Gasteiger partial charge is 0.228 e. The molecule has 6 heteroatoms. The molecule has 6 nitrogen and oxygen atoms in total. The molecule has 2 heterocycles. The molecule has 2 fully saturated rings. The van der Waals surface area contributed by atoms with E-state index >= 15 is 0 Å². The summed E-state index contributed by atoms with van der Waals surface area (Å²) in [4.78, 5) is 25.4. The number of anilines is 2. The standard InChI is InChI=1S/C22H29N5O/c1-15-5-10-20(24-13-15)27-22-23-12-11-19(26-22)17-8-6-16(7-9-17)14-25-21(28)18-3-2-4-18/h5,10-13,16-18H,2-4,6-9,14H2,1H3,(H,25,28)(H,23,24,26,27). The molecule has 0 bridgehead atoms. The fourth-order valence-electron chi connectivity index (χ4n) is 4.04. The molecule has 0 aromatic carbocycles. The molecule has 2 aromatic rings. The highest BCUT2D eigenvalue weighted by Gasteiger charge is 2.27. The third-order valence-electron chi connectivity index (χ3n) is 6.13. The zero-order valence-corrected chi connectivity index (χ0v) is 16.5. The van der Waals surface area contributed by atoms with Crippen LogP contribution in [0.25, 0.3) is 0 Å². The number of carbonyl (C=O) groups excluding carboxylic acids is 1. The second-order valence-corrected chi connectivity index (χ2v) is 8.24. The van der Waals surface area contributed by atoms with Crippen molar-refractivity contribution in [2.75, 3.05) is 11.9 Å². The first-order chi connectivity index (χ1) is 13.7. The van der Waals surface area contributed by atoms with Crippen LogP contribution in [0.5, 0.6) is 0 Å². The molecule has 0 spiro atoms. The van der Waals surface area contributed by atoms with Crippen LogP contribution in [0.4, 0.5) is 11.8 Å². The third kappa shape index (κ3) is 4.66. The largest absolute Gasteiger partial charge is 0.356 e. The Hall–Kier alpha value is -2.50. The fourth-order valence-corrected chi connectivity index (χ4v) is 4.04. The molecule has 0 atom stereocenters. The molecule has 148 valence electrons. The number of aryl methyl sites for hydroxylation is 1. The normalized spacial score (nSPS) is 22.3. The summed E-state index contributed by atoms with van der Waals surface area (Å²) in [5.74, 6) is 2.97. The van der Waals surface area contributed by atoms with Gasteiger partial charge in [-0.15, -0.1) is 0 Å². The summed E-state index contributed by atoms with van der Waals surface area (Å²) >= 11 is 0. The topological polar surface area (TPSA) is 79.8 Å². The Kier molecular flexibility index (Phi) is 5.84. The van der Waals surface area contributed by atoms with Crippen LogP contribution < -0.4 is 10.6 Å². The lowest BCUT2D eigenvalue weighted by Gasteiger charge is -2.30. The van der Waals surface area contributed by atoms with Crippen LogP contribution in [0.2, 0.25) is 0 Å². The van der Waals surface area contributed by atoms with E-state index in [0.29, 0.717) is 17.8 Å². The van der Waals surface area contributed by atoms with Crippen LogP contribution in [-0.2, 0) is 4.79 Å². The van der Waals surface area contributed by atoms with E-state index in [1.807, 2.05) is 37.5 Å². The Morgan fingerprint density at radius 2 is 1.89 bits per heavy atom. The van der Waals surface area contributed by atoms with Crippen LogP contribution in [-0.4, -0.2) is 27.4 Å². The second-order valence-electron chi connectivity index (χ2n) is 8.24.